The molecule has 142 valence electrons. The normalized spacial score (nSPS) is 13.5. The molecule has 0 aliphatic heterocycles. The first-order valence-electron chi connectivity index (χ1n) is 8.48. The van der Waals surface area contributed by atoms with Gasteiger partial charge in [0.05, 0.1) is 12.2 Å². The van der Waals surface area contributed by atoms with E-state index in [9.17, 15) is 22.8 Å². The van der Waals surface area contributed by atoms with Crippen molar-refractivity contribution in [3.05, 3.63) is 53.1 Å². The lowest BCUT2D eigenvalue weighted by atomic mass is 9.97. The van der Waals surface area contributed by atoms with Crippen LogP contribution in [0.1, 0.15) is 40.7 Å². The summed E-state index contributed by atoms with van der Waals surface area (Å²) < 4.78 is 44.8. The van der Waals surface area contributed by atoms with Crippen molar-refractivity contribution >= 4 is 11.8 Å². The van der Waals surface area contributed by atoms with E-state index in [1.54, 1.807) is 12.1 Å². The molecular weight excluding hydrogens is 361 g/mol. The average Bonchev–Trinajstić information content (AvgIpc) is 2.97. The molecule has 0 spiro atoms. The number of ether oxygens (including phenoxy) is 1. The molecule has 0 fully saturated rings. The average molecular weight is 378 g/mol. The van der Waals surface area contributed by atoms with Crippen molar-refractivity contribution in [1.82, 2.24) is 0 Å². The summed E-state index contributed by atoms with van der Waals surface area (Å²) in [4.78, 5) is 22.7. The fraction of sp³-hybridized carbons (Fsp3) is 0.300. The van der Waals surface area contributed by atoms with Gasteiger partial charge in [0.1, 0.15) is 5.75 Å². The van der Waals surface area contributed by atoms with Gasteiger partial charge < -0.3 is 9.84 Å². The van der Waals surface area contributed by atoms with E-state index in [0.717, 1.165) is 17.7 Å². The molecule has 27 heavy (non-hydrogen) atoms. The number of halogens is 3. The van der Waals surface area contributed by atoms with E-state index in [2.05, 4.69) is 0 Å². The third-order valence-electron chi connectivity index (χ3n) is 4.42. The summed E-state index contributed by atoms with van der Waals surface area (Å²) in [6, 6.07) is 8.09. The minimum absolute atomic E-state index is 0.0457. The van der Waals surface area contributed by atoms with Crippen LogP contribution in [-0.2, 0) is 17.4 Å². The number of alkyl halides is 3. The monoisotopic (exact) mass is 378 g/mol. The van der Waals surface area contributed by atoms with Gasteiger partial charge in [0.2, 0.25) is 0 Å². The van der Waals surface area contributed by atoms with Crippen molar-refractivity contribution in [1.29, 1.82) is 0 Å². The van der Waals surface area contributed by atoms with Crippen molar-refractivity contribution < 1.29 is 32.6 Å². The van der Waals surface area contributed by atoms with Crippen LogP contribution in [0.2, 0.25) is 0 Å². The highest BCUT2D eigenvalue weighted by Crippen LogP contribution is 2.39. The number of hydrogen-bond donors (Lipinski definition) is 1. The Hall–Kier alpha value is -2.83. The highest BCUT2D eigenvalue weighted by atomic mass is 19.4. The fourth-order valence-corrected chi connectivity index (χ4v) is 3.08. The zero-order valence-corrected chi connectivity index (χ0v) is 14.3. The fourth-order valence-electron chi connectivity index (χ4n) is 3.08. The van der Waals surface area contributed by atoms with Gasteiger partial charge in [-0.2, -0.15) is 13.2 Å². The second kappa shape index (κ2) is 7.42. The maximum atomic E-state index is 13.0. The first-order chi connectivity index (χ1) is 12.8. The van der Waals surface area contributed by atoms with Gasteiger partial charge in [0.25, 0.3) is 0 Å². The summed E-state index contributed by atoms with van der Waals surface area (Å²) in [6.07, 6.45) is -3.36. The van der Waals surface area contributed by atoms with Crippen molar-refractivity contribution in [3.63, 3.8) is 0 Å². The van der Waals surface area contributed by atoms with Crippen LogP contribution in [0.4, 0.5) is 13.2 Å². The summed E-state index contributed by atoms with van der Waals surface area (Å²) >= 11 is 0. The number of aliphatic carboxylic acids is 1. The molecular formula is C20H17F3O4. The van der Waals surface area contributed by atoms with Gasteiger partial charge in [-0.25, -0.2) is 0 Å². The van der Waals surface area contributed by atoms with Crippen LogP contribution < -0.4 is 4.74 Å². The number of aryl methyl sites for hydroxylation is 1. The number of ketones is 1. The molecule has 0 heterocycles. The lowest BCUT2D eigenvalue weighted by molar-refractivity contribution is -0.138. The Morgan fingerprint density at radius 1 is 1.11 bits per heavy atom. The Bertz CT molecular complexity index is 887. The number of fused-ring (bicyclic) bond motifs is 1. The highest BCUT2D eigenvalue weighted by Gasteiger charge is 2.31. The molecule has 2 aromatic rings. The van der Waals surface area contributed by atoms with Crippen LogP contribution in [0.5, 0.6) is 5.75 Å². The number of benzene rings is 2. The van der Waals surface area contributed by atoms with Crippen molar-refractivity contribution in [3.8, 4) is 16.9 Å². The molecule has 1 N–H and O–H groups in total. The van der Waals surface area contributed by atoms with Gasteiger partial charge in [-0.1, -0.05) is 12.1 Å². The molecule has 1 aliphatic carbocycles. The van der Waals surface area contributed by atoms with Crippen LogP contribution in [-0.4, -0.2) is 23.5 Å². The Balaban J connectivity index is 1.98. The maximum absolute atomic E-state index is 13.0. The number of Topliss-reactive ketones (excluding diaryl/α,β-unsaturated/α-hetero) is 1. The topological polar surface area (TPSA) is 63.6 Å². The molecule has 0 amide bonds. The maximum Gasteiger partial charge on any atom is 0.416 e. The molecule has 0 bridgehead atoms. The number of hydrogen-bond acceptors (Lipinski definition) is 3. The Morgan fingerprint density at radius 3 is 2.59 bits per heavy atom. The summed E-state index contributed by atoms with van der Waals surface area (Å²) in [7, 11) is 0. The molecule has 2 aromatic carbocycles. The van der Waals surface area contributed by atoms with E-state index in [1.807, 2.05) is 0 Å². The number of carboxylic acid groups (broad SMARTS) is 1. The first-order valence-corrected chi connectivity index (χ1v) is 8.48. The van der Waals surface area contributed by atoms with Gasteiger partial charge >= 0.3 is 12.1 Å². The van der Waals surface area contributed by atoms with Crippen molar-refractivity contribution in [2.75, 3.05) is 6.61 Å². The smallest absolute Gasteiger partial charge is 0.416 e. The lowest BCUT2D eigenvalue weighted by Crippen LogP contribution is -2.06. The summed E-state index contributed by atoms with van der Waals surface area (Å²) in [6.45, 7) is 0.116. The van der Waals surface area contributed by atoms with Crippen molar-refractivity contribution in [2.45, 2.75) is 31.9 Å². The van der Waals surface area contributed by atoms with Gasteiger partial charge in [0.15, 0.2) is 5.78 Å². The summed E-state index contributed by atoms with van der Waals surface area (Å²) in [5.41, 5.74) is 1.19. The van der Waals surface area contributed by atoms with E-state index < -0.39 is 17.7 Å². The van der Waals surface area contributed by atoms with Crippen LogP contribution in [0, 0.1) is 0 Å². The van der Waals surface area contributed by atoms with Crippen LogP contribution in [0.3, 0.4) is 0 Å². The second-order valence-corrected chi connectivity index (χ2v) is 6.35. The molecule has 0 radical (unpaired) electrons. The number of carbonyl (C=O) groups excluding carboxylic acids is 1. The zero-order valence-electron chi connectivity index (χ0n) is 14.3. The Labute approximate surface area is 153 Å². The van der Waals surface area contributed by atoms with Gasteiger partial charge in [0, 0.05) is 24.0 Å². The minimum Gasteiger partial charge on any atom is -0.493 e. The predicted molar refractivity (Wildman–Crippen MR) is 91.9 cm³/mol. The highest BCUT2D eigenvalue weighted by molar-refractivity contribution is 6.02. The minimum atomic E-state index is -4.48. The van der Waals surface area contributed by atoms with Gasteiger partial charge in [-0.15, -0.1) is 0 Å². The third-order valence-corrected chi connectivity index (χ3v) is 4.42. The lowest BCUT2D eigenvalue weighted by Gasteiger charge is -2.15. The molecule has 0 aromatic heterocycles. The quantitative estimate of drug-likeness (QED) is 0.737. The molecule has 4 nitrogen and oxygen atoms in total. The molecule has 3 rings (SSSR count). The third kappa shape index (κ3) is 4.30. The van der Waals surface area contributed by atoms with E-state index >= 15 is 0 Å². The van der Waals surface area contributed by atoms with Gasteiger partial charge in [-0.3, -0.25) is 9.59 Å². The molecule has 7 heteroatoms. The first kappa shape index (κ1) is 18.9. The number of carboxylic acids is 1. The van der Waals surface area contributed by atoms with Crippen LogP contribution >= 0.6 is 0 Å². The second-order valence-electron chi connectivity index (χ2n) is 6.35. The summed E-state index contributed by atoms with van der Waals surface area (Å²) in [5.74, 6) is -0.639. The molecule has 0 saturated heterocycles. The molecule has 0 atom stereocenters. The Morgan fingerprint density at radius 2 is 1.89 bits per heavy atom. The zero-order chi connectivity index (χ0) is 19.6. The Kier molecular flexibility index (Phi) is 5.21. The van der Waals surface area contributed by atoms with E-state index in [0.29, 0.717) is 35.3 Å². The predicted octanol–water partition coefficient (Wildman–Crippen LogP) is 4.74. The largest absolute Gasteiger partial charge is 0.493 e. The number of carbonyl (C=O) groups is 2. The molecule has 1 aliphatic rings. The van der Waals surface area contributed by atoms with Crippen LogP contribution in [0.15, 0.2) is 36.4 Å². The SMILES string of the molecule is O=C(O)CCCOc1cc2c(cc1-c1cccc(C(F)(F)F)c1)C(=O)CC2. The number of rotatable bonds is 6. The van der Waals surface area contributed by atoms with Crippen molar-refractivity contribution in [2.24, 2.45) is 0 Å². The molecule has 0 saturated carbocycles. The standard InChI is InChI=1S/C20H17F3O4/c21-20(22,23)14-4-1-3-12(9-14)16-11-15-13(6-7-17(15)24)10-18(16)27-8-2-5-19(25)26/h1,3-4,9-11H,2,5-8H2,(H,25,26). The van der Waals surface area contributed by atoms with Gasteiger partial charge in [-0.05, 0) is 48.2 Å². The summed E-state index contributed by atoms with van der Waals surface area (Å²) in [5, 5.41) is 8.71. The van der Waals surface area contributed by atoms with E-state index in [-0.39, 0.29) is 25.2 Å². The molecule has 0 unspecified atom stereocenters. The van der Waals surface area contributed by atoms with E-state index in [4.69, 9.17) is 9.84 Å². The van der Waals surface area contributed by atoms with E-state index in [1.165, 1.54) is 12.1 Å². The van der Waals surface area contributed by atoms with Crippen LogP contribution in [0.25, 0.3) is 11.1 Å².